The van der Waals surface area contributed by atoms with Crippen LogP contribution in [0.5, 0.6) is 5.75 Å². The fraction of sp³-hybridized carbons (Fsp3) is 0.227. The Kier molecular flexibility index (Phi) is 7.13. The predicted octanol–water partition coefficient (Wildman–Crippen LogP) is 3.14. The van der Waals surface area contributed by atoms with Gasteiger partial charge < -0.3 is 20.1 Å². The van der Waals surface area contributed by atoms with Gasteiger partial charge in [0.1, 0.15) is 17.3 Å². The number of hydrogen-bond donors (Lipinski definition) is 2. The van der Waals surface area contributed by atoms with Crippen LogP contribution in [0.1, 0.15) is 16.1 Å². The summed E-state index contributed by atoms with van der Waals surface area (Å²) < 4.78 is 10.4. The molecule has 0 radical (unpaired) electrons. The fourth-order valence-corrected chi connectivity index (χ4v) is 2.77. The van der Waals surface area contributed by atoms with Gasteiger partial charge in [-0.25, -0.2) is 9.97 Å². The molecule has 29 heavy (non-hydrogen) atoms. The van der Waals surface area contributed by atoms with Gasteiger partial charge in [0.2, 0.25) is 0 Å². The van der Waals surface area contributed by atoms with E-state index in [0.29, 0.717) is 31.3 Å². The maximum atomic E-state index is 12.8. The smallest absolute Gasteiger partial charge is 0.270 e. The summed E-state index contributed by atoms with van der Waals surface area (Å²) in [6.45, 7) is 1.43. The summed E-state index contributed by atoms with van der Waals surface area (Å²) in [5.41, 5.74) is 2.01. The first-order valence-electron chi connectivity index (χ1n) is 9.28. The molecule has 2 N–H and O–H groups in total. The second-order valence-electron chi connectivity index (χ2n) is 6.24. The van der Waals surface area contributed by atoms with Crippen molar-refractivity contribution < 1.29 is 14.3 Å². The van der Waals surface area contributed by atoms with E-state index in [-0.39, 0.29) is 11.6 Å². The molecule has 1 amide bonds. The molecule has 0 aliphatic carbocycles. The third kappa shape index (κ3) is 5.52. The van der Waals surface area contributed by atoms with Gasteiger partial charge in [-0.3, -0.25) is 4.79 Å². The predicted molar refractivity (Wildman–Crippen MR) is 112 cm³/mol. The molecule has 0 atom stereocenters. The molecule has 7 heteroatoms. The van der Waals surface area contributed by atoms with Crippen LogP contribution in [0.15, 0.2) is 60.7 Å². The molecule has 150 valence electrons. The van der Waals surface area contributed by atoms with Gasteiger partial charge in [-0.15, -0.1) is 0 Å². The average Bonchev–Trinajstić information content (AvgIpc) is 2.78. The summed E-state index contributed by atoms with van der Waals surface area (Å²) in [4.78, 5) is 21.8. The molecule has 0 unspecified atom stereocenters. The van der Waals surface area contributed by atoms with Crippen LogP contribution < -0.4 is 15.4 Å². The summed E-state index contributed by atoms with van der Waals surface area (Å²) in [5.74, 6) is 1.49. The van der Waals surface area contributed by atoms with Crippen molar-refractivity contribution in [2.45, 2.75) is 6.54 Å². The van der Waals surface area contributed by atoms with E-state index >= 15 is 0 Å². The second-order valence-corrected chi connectivity index (χ2v) is 6.24. The number of amides is 1. The van der Waals surface area contributed by atoms with Crippen molar-refractivity contribution in [1.29, 1.82) is 0 Å². The number of nitrogens with zero attached hydrogens (tertiary/aromatic N) is 2. The van der Waals surface area contributed by atoms with E-state index in [0.717, 1.165) is 16.9 Å². The molecule has 1 heterocycles. The zero-order valence-electron chi connectivity index (χ0n) is 16.5. The first-order valence-corrected chi connectivity index (χ1v) is 9.28. The molecule has 3 rings (SSSR count). The standard InChI is InChI=1S/C22H24N4O3/c1-28-13-12-23-20-14-18(25-21(26-20)16-8-4-3-5-9-16)22(27)24-15-17-10-6-7-11-19(17)29-2/h3-11,14H,12-13,15H2,1-2H3,(H,24,27)(H,23,25,26). The molecular weight excluding hydrogens is 368 g/mol. The molecule has 3 aromatic rings. The van der Waals surface area contributed by atoms with Crippen molar-refractivity contribution >= 4 is 11.7 Å². The highest BCUT2D eigenvalue weighted by Crippen LogP contribution is 2.19. The van der Waals surface area contributed by atoms with E-state index < -0.39 is 0 Å². The summed E-state index contributed by atoms with van der Waals surface area (Å²) in [6.07, 6.45) is 0. The number of aromatic nitrogens is 2. The minimum absolute atomic E-state index is 0.286. The van der Waals surface area contributed by atoms with Crippen molar-refractivity contribution in [2.75, 3.05) is 32.7 Å². The molecule has 1 aromatic heterocycles. The van der Waals surface area contributed by atoms with E-state index in [1.165, 1.54) is 0 Å². The normalized spacial score (nSPS) is 10.4. The van der Waals surface area contributed by atoms with Crippen LogP contribution in [0.3, 0.4) is 0 Å². The van der Waals surface area contributed by atoms with Gasteiger partial charge in [-0.1, -0.05) is 48.5 Å². The highest BCUT2D eigenvalue weighted by Gasteiger charge is 2.14. The van der Waals surface area contributed by atoms with Crippen LogP contribution in [-0.4, -0.2) is 43.2 Å². The Morgan fingerprint density at radius 2 is 1.76 bits per heavy atom. The molecule has 0 spiro atoms. The van der Waals surface area contributed by atoms with Gasteiger partial charge in [-0.05, 0) is 6.07 Å². The van der Waals surface area contributed by atoms with Crippen molar-refractivity contribution in [2.24, 2.45) is 0 Å². The lowest BCUT2D eigenvalue weighted by molar-refractivity contribution is 0.0945. The molecule has 0 aliphatic heterocycles. The molecule has 0 aliphatic rings. The van der Waals surface area contributed by atoms with E-state index in [9.17, 15) is 4.79 Å². The number of ether oxygens (including phenoxy) is 2. The maximum Gasteiger partial charge on any atom is 0.270 e. The zero-order valence-corrected chi connectivity index (χ0v) is 16.5. The van der Waals surface area contributed by atoms with E-state index in [1.807, 2.05) is 54.6 Å². The van der Waals surface area contributed by atoms with Crippen LogP contribution in [0.4, 0.5) is 5.82 Å². The van der Waals surface area contributed by atoms with Crippen LogP contribution in [0.2, 0.25) is 0 Å². The van der Waals surface area contributed by atoms with E-state index in [4.69, 9.17) is 9.47 Å². The lowest BCUT2D eigenvalue weighted by Gasteiger charge is -2.12. The third-order valence-electron chi connectivity index (χ3n) is 4.23. The zero-order chi connectivity index (χ0) is 20.5. The number of hydrogen-bond acceptors (Lipinski definition) is 6. The second kappa shape index (κ2) is 10.2. The fourth-order valence-electron chi connectivity index (χ4n) is 2.77. The van der Waals surface area contributed by atoms with Crippen LogP contribution >= 0.6 is 0 Å². The van der Waals surface area contributed by atoms with Crippen molar-refractivity contribution in [3.8, 4) is 17.1 Å². The number of anilines is 1. The highest BCUT2D eigenvalue weighted by molar-refractivity contribution is 5.93. The summed E-state index contributed by atoms with van der Waals surface area (Å²) in [5, 5.41) is 6.07. The van der Waals surface area contributed by atoms with Gasteiger partial charge in [0, 0.05) is 37.4 Å². The largest absolute Gasteiger partial charge is 0.496 e. The lowest BCUT2D eigenvalue weighted by Crippen LogP contribution is -2.25. The number of carbonyl (C=O) groups excluding carboxylic acids is 1. The van der Waals surface area contributed by atoms with E-state index in [1.54, 1.807) is 20.3 Å². The molecular formula is C22H24N4O3. The van der Waals surface area contributed by atoms with Crippen LogP contribution in [-0.2, 0) is 11.3 Å². The molecule has 7 nitrogen and oxygen atoms in total. The minimum atomic E-state index is -0.287. The van der Waals surface area contributed by atoms with E-state index in [2.05, 4.69) is 20.6 Å². The Hall–Kier alpha value is -3.45. The first kappa shape index (κ1) is 20.3. The Bertz CT molecular complexity index is 948. The van der Waals surface area contributed by atoms with Crippen molar-refractivity contribution in [3.05, 3.63) is 71.9 Å². The summed E-state index contributed by atoms with van der Waals surface area (Å²) >= 11 is 0. The number of para-hydroxylation sites is 1. The Balaban J connectivity index is 1.82. The molecule has 0 bridgehead atoms. The van der Waals surface area contributed by atoms with Crippen LogP contribution in [0, 0.1) is 0 Å². The van der Waals surface area contributed by atoms with Gasteiger partial charge in [0.15, 0.2) is 5.82 Å². The first-order chi connectivity index (χ1) is 14.2. The third-order valence-corrected chi connectivity index (χ3v) is 4.23. The Morgan fingerprint density at radius 3 is 2.52 bits per heavy atom. The lowest BCUT2D eigenvalue weighted by atomic mass is 10.2. The maximum absolute atomic E-state index is 12.8. The molecule has 0 saturated heterocycles. The molecule has 0 fully saturated rings. The topological polar surface area (TPSA) is 85.4 Å². The number of benzene rings is 2. The number of rotatable bonds is 9. The van der Waals surface area contributed by atoms with Gasteiger partial charge in [-0.2, -0.15) is 0 Å². The SMILES string of the molecule is COCCNc1cc(C(=O)NCc2ccccc2OC)nc(-c2ccccc2)n1. The van der Waals surface area contributed by atoms with Crippen molar-refractivity contribution in [1.82, 2.24) is 15.3 Å². The monoisotopic (exact) mass is 392 g/mol. The molecule has 0 saturated carbocycles. The number of methoxy groups -OCH3 is 2. The average molecular weight is 392 g/mol. The summed E-state index contributed by atoms with van der Waals surface area (Å²) in [7, 11) is 3.24. The Morgan fingerprint density at radius 1 is 1.00 bits per heavy atom. The van der Waals surface area contributed by atoms with Crippen LogP contribution in [0.25, 0.3) is 11.4 Å². The van der Waals surface area contributed by atoms with Gasteiger partial charge in [0.05, 0.1) is 13.7 Å². The Labute approximate surface area is 170 Å². The summed E-state index contributed by atoms with van der Waals surface area (Å²) in [6, 6.07) is 18.7. The number of carbonyl (C=O) groups is 1. The van der Waals surface area contributed by atoms with Gasteiger partial charge in [0.25, 0.3) is 5.91 Å². The van der Waals surface area contributed by atoms with Gasteiger partial charge >= 0.3 is 0 Å². The van der Waals surface area contributed by atoms with Crippen molar-refractivity contribution in [3.63, 3.8) is 0 Å². The molecule has 2 aromatic carbocycles. The number of nitrogens with one attached hydrogen (secondary N) is 2. The quantitative estimate of drug-likeness (QED) is 0.544. The minimum Gasteiger partial charge on any atom is -0.496 e. The highest BCUT2D eigenvalue weighted by atomic mass is 16.5.